The Kier molecular flexibility index (Phi) is 4.19. The Balaban J connectivity index is 2.73. The van der Waals surface area contributed by atoms with Crippen molar-refractivity contribution >= 4 is 17.6 Å². The number of phenolic OH excluding ortho intramolecular Hbond substituents is 1. The molecule has 0 unspecified atom stereocenters. The number of aromatic hydroxyl groups is 1. The molecule has 96 valence electrons. The van der Waals surface area contributed by atoms with Crippen LogP contribution in [0, 0.1) is 10.1 Å². The largest absolute Gasteiger partial charge is 0.502 e. The average molecular weight is 254 g/mol. The third kappa shape index (κ3) is 3.74. The number of carbonyl (C=O) groups is 2. The van der Waals surface area contributed by atoms with Gasteiger partial charge in [-0.05, 0) is 11.6 Å². The highest BCUT2D eigenvalue weighted by Crippen LogP contribution is 2.26. The van der Waals surface area contributed by atoms with E-state index in [9.17, 15) is 24.8 Å². The van der Waals surface area contributed by atoms with Gasteiger partial charge in [-0.15, -0.1) is 0 Å². The van der Waals surface area contributed by atoms with E-state index in [1.54, 1.807) is 0 Å². The fourth-order valence-electron chi connectivity index (χ4n) is 1.25. The number of aliphatic carboxylic acids is 1. The molecule has 1 aromatic rings. The number of nitro groups is 1. The maximum atomic E-state index is 11.3. The zero-order valence-electron chi connectivity index (χ0n) is 9.12. The second-order valence-electron chi connectivity index (χ2n) is 3.43. The first kappa shape index (κ1) is 13.4. The van der Waals surface area contributed by atoms with E-state index in [-0.39, 0.29) is 6.42 Å². The highest BCUT2D eigenvalue weighted by molar-refractivity contribution is 5.82. The molecule has 0 spiro atoms. The molecule has 0 aromatic heterocycles. The third-order valence-corrected chi connectivity index (χ3v) is 2.04. The summed E-state index contributed by atoms with van der Waals surface area (Å²) >= 11 is 0. The summed E-state index contributed by atoms with van der Waals surface area (Å²) in [5, 5.41) is 30.2. The Morgan fingerprint density at radius 3 is 2.61 bits per heavy atom. The summed E-state index contributed by atoms with van der Waals surface area (Å²) in [7, 11) is 0. The topological polar surface area (TPSA) is 130 Å². The molecular formula is C10H10N2O6. The minimum atomic E-state index is -1.18. The van der Waals surface area contributed by atoms with E-state index >= 15 is 0 Å². The maximum absolute atomic E-state index is 11.3. The summed E-state index contributed by atoms with van der Waals surface area (Å²) in [6.45, 7) is -0.515. The predicted octanol–water partition coefficient (Wildman–Crippen LogP) is 0.0437. The lowest BCUT2D eigenvalue weighted by Crippen LogP contribution is -2.30. The highest BCUT2D eigenvalue weighted by Gasteiger charge is 2.15. The summed E-state index contributed by atoms with van der Waals surface area (Å²) in [6, 6.07) is 3.52. The van der Waals surface area contributed by atoms with Gasteiger partial charge < -0.3 is 15.5 Å². The van der Waals surface area contributed by atoms with Crippen LogP contribution in [-0.4, -0.2) is 33.6 Å². The molecule has 1 amide bonds. The zero-order chi connectivity index (χ0) is 13.7. The number of nitrogens with zero attached hydrogens (tertiary/aromatic N) is 1. The van der Waals surface area contributed by atoms with Crippen molar-refractivity contribution in [1.29, 1.82) is 0 Å². The van der Waals surface area contributed by atoms with Gasteiger partial charge in [0.1, 0.15) is 6.54 Å². The van der Waals surface area contributed by atoms with Crippen molar-refractivity contribution in [1.82, 2.24) is 5.32 Å². The van der Waals surface area contributed by atoms with Crippen LogP contribution in [0.1, 0.15) is 5.56 Å². The van der Waals surface area contributed by atoms with Gasteiger partial charge in [0.2, 0.25) is 5.91 Å². The van der Waals surface area contributed by atoms with Gasteiger partial charge in [0, 0.05) is 6.07 Å². The molecule has 0 aliphatic heterocycles. The van der Waals surface area contributed by atoms with E-state index in [0.29, 0.717) is 5.56 Å². The van der Waals surface area contributed by atoms with Gasteiger partial charge in [-0.3, -0.25) is 19.7 Å². The van der Waals surface area contributed by atoms with Crippen molar-refractivity contribution in [3.63, 3.8) is 0 Å². The van der Waals surface area contributed by atoms with Crippen molar-refractivity contribution < 1.29 is 24.7 Å². The summed E-state index contributed by atoms with van der Waals surface area (Å²) in [5.41, 5.74) is -0.194. The second kappa shape index (κ2) is 5.62. The lowest BCUT2D eigenvalue weighted by Gasteiger charge is -2.03. The molecular weight excluding hydrogens is 244 g/mol. The first-order valence-corrected chi connectivity index (χ1v) is 4.85. The van der Waals surface area contributed by atoms with Gasteiger partial charge in [-0.25, -0.2) is 0 Å². The fourth-order valence-corrected chi connectivity index (χ4v) is 1.25. The van der Waals surface area contributed by atoms with Crippen LogP contribution in [0.3, 0.4) is 0 Å². The van der Waals surface area contributed by atoms with E-state index in [2.05, 4.69) is 5.32 Å². The standard InChI is InChI=1S/C10H10N2O6/c13-8-2-1-6(3-7(8)12(17)18)4-9(14)11-5-10(15)16/h1-3,13H,4-5H2,(H,11,14)(H,15,16). The Bertz CT molecular complexity index is 499. The molecule has 1 rings (SSSR count). The molecule has 0 atom stereocenters. The molecule has 0 saturated carbocycles. The van der Waals surface area contributed by atoms with Crippen LogP contribution in [0.4, 0.5) is 5.69 Å². The molecule has 18 heavy (non-hydrogen) atoms. The van der Waals surface area contributed by atoms with Gasteiger partial charge in [0.25, 0.3) is 0 Å². The van der Waals surface area contributed by atoms with E-state index in [1.165, 1.54) is 6.07 Å². The average Bonchev–Trinajstić information content (AvgIpc) is 2.28. The van der Waals surface area contributed by atoms with Crippen molar-refractivity contribution in [2.45, 2.75) is 6.42 Å². The van der Waals surface area contributed by atoms with Gasteiger partial charge in [-0.2, -0.15) is 0 Å². The highest BCUT2D eigenvalue weighted by atomic mass is 16.6. The van der Waals surface area contributed by atoms with Gasteiger partial charge >= 0.3 is 11.7 Å². The Morgan fingerprint density at radius 2 is 2.06 bits per heavy atom. The second-order valence-corrected chi connectivity index (χ2v) is 3.43. The summed E-state index contributed by atoms with van der Waals surface area (Å²) in [6.07, 6.45) is -0.200. The van der Waals surface area contributed by atoms with Crippen molar-refractivity contribution in [3.8, 4) is 5.75 Å². The smallest absolute Gasteiger partial charge is 0.322 e. The first-order valence-electron chi connectivity index (χ1n) is 4.85. The molecule has 1 aromatic carbocycles. The van der Waals surface area contributed by atoms with Crippen LogP contribution in [0.15, 0.2) is 18.2 Å². The number of carbonyl (C=O) groups excluding carboxylic acids is 1. The molecule has 0 bridgehead atoms. The summed E-state index contributed by atoms with van der Waals surface area (Å²) in [4.78, 5) is 31.3. The number of amides is 1. The van der Waals surface area contributed by atoms with Crippen LogP contribution >= 0.6 is 0 Å². The maximum Gasteiger partial charge on any atom is 0.322 e. The van der Waals surface area contributed by atoms with Gasteiger partial charge in [-0.1, -0.05) is 6.07 Å². The molecule has 8 heteroatoms. The van der Waals surface area contributed by atoms with E-state index in [0.717, 1.165) is 12.1 Å². The number of nitrogens with one attached hydrogen (secondary N) is 1. The SMILES string of the molecule is O=C(O)CNC(=O)Cc1ccc(O)c([N+](=O)[O-])c1. The lowest BCUT2D eigenvalue weighted by molar-refractivity contribution is -0.385. The van der Waals surface area contributed by atoms with Crippen LogP contribution < -0.4 is 5.32 Å². The number of carboxylic acid groups (broad SMARTS) is 1. The monoisotopic (exact) mass is 254 g/mol. The molecule has 8 nitrogen and oxygen atoms in total. The van der Waals surface area contributed by atoms with Crippen molar-refractivity contribution in [2.24, 2.45) is 0 Å². The number of hydrogen-bond donors (Lipinski definition) is 3. The predicted molar refractivity (Wildman–Crippen MR) is 59.1 cm³/mol. The third-order valence-electron chi connectivity index (χ3n) is 2.04. The molecule has 0 aliphatic carbocycles. The number of carboxylic acids is 1. The normalized spacial score (nSPS) is 9.78. The molecule has 0 radical (unpaired) electrons. The lowest BCUT2D eigenvalue weighted by atomic mass is 10.1. The Morgan fingerprint density at radius 1 is 1.39 bits per heavy atom. The molecule has 0 fully saturated rings. The van der Waals surface area contributed by atoms with Crippen LogP contribution in [0.2, 0.25) is 0 Å². The quantitative estimate of drug-likeness (QED) is 0.502. The fraction of sp³-hybridized carbons (Fsp3) is 0.200. The number of nitro benzene ring substituents is 1. The molecule has 0 heterocycles. The first-order chi connectivity index (χ1) is 8.40. The number of phenols is 1. The summed E-state index contributed by atoms with van der Waals surface area (Å²) in [5.74, 6) is -2.24. The van der Waals surface area contributed by atoms with Crippen LogP contribution in [-0.2, 0) is 16.0 Å². The number of benzene rings is 1. The van der Waals surface area contributed by atoms with Gasteiger partial charge in [0.15, 0.2) is 5.75 Å². The van der Waals surface area contributed by atoms with Crippen molar-refractivity contribution in [2.75, 3.05) is 6.54 Å². The number of hydrogen-bond acceptors (Lipinski definition) is 5. The minimum Gasteiger partial charge on any atom is -0.502 e. The Labute approximate surface area is 101 Å². The van der Waals surface area contributed by atoms with Gasteiger partial charge in [0.05, 0.1) is 11.3 Å². The van der Waals surface area contributed by atoms with Crippen molar-refractivity contribution in [3.05, 3.63) is 33.9 Å². The van der Waals surface area contributed by atoms with Crippen LogP contribution in [0.5, 0.6) is 5.75 Å². The minimum absolute atomic E-state index is 0.200. The molecule has 3 N–H and O–H groups in total. The van der Waals surface area contributed by atoms with E-state index in [4.69, 9.17) is 5.11 Å². The summed E-state index contributed by atoms with van der Waals surface area (Å²) < 4.78 is 0. The zero-order valence-corrected chi connectivity index (χ0v) is 9.12. The number of rotatable bonds is 5. The molecule has 0 saturated heterocycles. The van der Waals surface area contributed by atoms with E-state index < -0.39 is 34.8 Å². The van der Waals surface area contributed by atoms with E-state index in [1.807, 2.05) is 0 Å². The van der Waals surface area contributed by atoms with Crippen LogP contribution in [0.25, 0.3) is 0 Å². The Hall–Kier alpha value is -2.64. The molecule has 0 aliphatic rings.